The number of nitrogens with one attached hydrogen (secondary N) is 1. The van der Waals surface area contributed by atoms with Crippen LogP contribution in [0, 0.1) is 6.92 Å². The van der Waals surface area contributed by atoms with Gasteiger partial charge in [0, 0.05) is 34.2 Å². The molecule has 0 spiro atoms. The SMILES string of the molecule is Cc1nnsc1C1=NNC(=O)/C1=C\c1cn(C)c2cccc(Br)c12. The van der Waals surface area contributed by atoms with Crippen LogP contribution >= 0.6 is 27.5 Å². The van der Waals surface area contributed by atoms with E-state index in [4.69, 9.17) is 0 Å². The summed E-state index contributed by atoms with van der Waals surface area (Å²) in [6.07, 6.45) is 3.87. The van der Waals surface area contributed by atoms with Gasteiger partial charge in [-0.1, -0.05) is 26.5 Å². The average Bonchev–Trinajstić information content (AvgIpc) is 3.21. The third-order valence-electron chi connectivity index (χ3n) is 3.93. The van der Waals surface area contributed by atoms with Crippen molar-refractivity contribution in [3.8, 4) is 0 Å². The molecule has 0 aliphatic carbocycles. The topological polar surface area (TPSA) is 72.2 Å². The minimum atomic E-state index is -0.221. The van der Waals surface area contributed by atoms with Crippen molar-refractivity contribution >= 4 is 56.1 Å². The zero-order valence-corrected chi connectivity index (χ0v) is 15.3. The van der Waals surface area contributed by atoms with Gasteiger partial charge >= 0.3 is 0 Å². The van der Waals surface area contributed by atoms with E-state index in [1.165, 1.54) is 11.5 Å². The van der Waals surface area contributed by atoms with Crippen LogP contribution in [0.4, 0.5) is 0 Å². The van der Waals surface area contributed by atoms with E-state index >= 15 is 0 Å². The standard InChI is InChI=1S/C16H12BrN5OS/c1-8-15(24-21-18-8)14-10(16(23)20-19-14)6-9-7-22(2)12-5-3-4-11(17)13(9)12/h3-7H,1-2H3,(H,20,23)/b10-6-. The molecule has 1 aromatic carbocycles. The van der Waals surface area contributed by atoms with E-state index in [0.717, 1.165) is 31.5 Å². The molecule has 1 N–H and O–H groups in total. The van der Waals surface area contributed by atoms with Crippen molar-refractivity contribution in [3.05, 3.63) is 50.6 Å². The fraction of sp³-hybridized carbons (Fsp3) is 0.125. The second kappa shape index (κ2) is 5.64. The lowest BCUT2D eigenvalue weighted by molar-refractivity contribution is -0.116. The van der Waals surface area contributed by atoms with Gasteiger partial charge in [0.2, 0.25) is 0 Å². The largest absolute Gasteiger partial charge is 0.350 e. The summed E-state index contributed by atoms with van der Waals surface area (Å²) in [5, 5.41) is 9.23. The lowest BCUT2D eigenvalue weighted by Gasteiger charge is -2.00. The van der Waals surface area contributed by atoms with Crippen LogP contribution in [0.3, 0.4) is 0 Å². The third-order valence-corrected chi connectivity index (χ3v) is 5.42. The number of hydrazone groups is 1. The van der Waals surface area contributed by atoms with Gasteiger partial charge in [0.05, 0.1) is 16.1 Å². The Balaban J connectivity index is 1.90. The quantitative estimate of drug-likeness (QED) is 0.670. The molecule has 6 nitrogen and oxygen atoms in total. The summed E-state index contributed by atoms with van der Waals surface area (Å²) in [6, 6.07) is 6.03. The van der Waals surface area contributed by atoms with Crippen molar-refractivity contribution in [3.63, 3.8) is 0 Å². The predicted octanol–water partition coefficient (Wildman–Crippen LogP) is 3.02. The van der Waals surface area contributed by atoms with E-state index in [1.807, 2.05) is 49.0 Å². The number of benzene rings is 1. The molecule has 0 atom stereocenters. The highest BCUT2D eigenvalue weighted by molar-refractivity contribution is 9.10. The maximum absolute atomic E-state index is 12.3. The van der Waals surface area contributed by atoms with Crippen molar-refractivity contribution in [2.45, 2.75) is 6.92 Å². The number of carbonyl (C=O) groups is 1. The van der Waals surface area contributed by atoms with Crippen molar-refractivity contribution in [1.29, 1.82) is 0 Å². The second-order valence-corrected chi connectivity index (χ2v) is 7.08. The first-order chi connectivity index (χ1) is 11.6. The van der Waals surface area contributed by atoms with Crippen LogP contribution in [0.2, 0.25) is 0 Å². The molecular formula is C16H12BrN5OS. The Morgan fingerprint density at radius 2 is 2.21 bits per heavy atom. The van der Waals surface area contributed by atoms with Gasteiger partial charge in [0.25, 0.3) is 5.91 Å². The molecule has 1 amide bonds. The highest BCUT2D eigenvalue weighted by atomic mass is 79.9. The number of fused-ring (bicyclic) bond motifs is 1. The molecule has 8 heteroatoms. The van der Waals surface area contributed by atoms with Crippen molar-refractivity contribution in [2.75, 3.05) is 0 Å². The fourth-order valence-electron chi connectivity index (χ4n) is 2.79. The maximum atomic E-state index is 12.3. The van der Waals surface area contributed by atoms with E-state index in [1.54, 1.807) is 0 Å². The number of nitrogens with zero attached hydrogens (tertiary/aromatic N) is 4. The molecule has 0 fully saturated rings. The molecule has 120 valence electrons. The molecule has 2 aromatic heterocycles. The summed E-state index contributed by atoms with van der Waals surface area (Å²) >= 11 is 4.84. The Hall–Kier alpha value is -2.32. The van der Waals surface area contributed by atoms with Crippen LogP contribution in [0.25, 0.3) is 17.0 Å². The Bertz CT molecular complexity index is 1050. The Kier molecular flexibility index (Phi) is 3.58. The summed E-state index contributed by atoms with van der Waals surface area (Å²) in [5.41, 5.74) is 6.46. The molecule has 0 saturated heterocycles. The molecule has 0 saturated carbocycles. The zero-order valence-electron chi connectivity index (χ0n) is 12.9. The minimum absolute atomic E-state index is 0.221. The summed E-state index contributed by atoms with van der Waals surface area (Å²) < 4.78 is 6.96. The minimum Gasteiger partial charge on any atom is -0.350 e. The predicted molar refractivity (Wildman–Crippen MR) is 97.9 cm³/mol. The van der Waals surface area contributed by atoms with Gasteiger partial charge in [-0.2, -0.15) is 5.10 Å². The van der Waals surface area contributed by atoms with Crippen LogP contribution in [-0.2, 0) is 11.8 Å². The van der Waals surface area contributed by atoms with Crippen LogP contribution in [0.15, 0.2) is 39.5 Å². The number of hydrogen-bond donors (Lipinski definition) is 1. The number of aromatic nitrogens is 3. The van der Waals surface area contributed by atoms with E-state index in [-0.39, 0.29) is 5.91 Å². The van der Waals surface area contributed by atoms with Gasteiger partial charge in [-0.25, -0.2) is 5.43 Å². The third kappa shape index (κ3) is 2.30. The molecule has 1 aliphatic heterocycles. The van der Waals surface area contributed by atoms with Gasteiger partial charge in [-0.15, -0.1) is 5.10 Å². The average molecular weight is 402 g/mol. The summed E-state index contributed by atoms with van der Waals surface area (Å²) in [4.78, 5) is 13.1. The highest BCUT2D eigenvalue weighted by Crippen LogP contribution is 2.31. The first-order valence-electron chi connectivity index (χ1n) is 7.19. The van der Waals surface area contributed by atoms with E-state index in [0.29, 0.717) is 11.3 Å². The van der Waals surface area contributed by atoms with Crippen molar-refractivity contribution in [1.82, 2.24) is 19.6 Å². The number of aryl methyl sites for hydroxylation is 2. The number of carbonyl (C=O) groups excluding carboxylic acids is 1. The Morgan fingerprint density at radius 3 is 2.96 bits per heavy atom. The zero-order chi connectivity index (χ0) is 16.8. The van der Waals surface area contributed by atoms with Crippen LogP contribution in [-0.4, -0.2) is 25.8 Å². The Morgan fingerprint density at radius 1 is 1.38 bits per heavy atom. The Labute approximate surface area is 150 Å². The molecule has 0 unspecified atom stereocenters. The lowest BCUT2D eigenvalue weighted by Crippen LogP contribution is -2.13. The van der Waals surface area contributed by atoms with Crippen LogP contribution < -0.4 is 5.43 Å². The first-order valence-corrected chi connectivity index (χ1v) is 8.76. The van der Waals surface area contributed by atoms with Gasteiger partial charge in [-0.05, 0) is 36.7 Å². The van der Waals surface area contributed by atoms with Crippen LogP contribution in [0.1, 0.15) is 16.1 Å². The first kappa shape index (κ1) is 15.2. The van der Waals surface area contributed by atoms with Gasteiger partial charge in [-0.3, -0.25) is 4.79 Å². The fourth-order valence-corrected chi connectivity index (χ4v) is 4.03. The number of rotatable bonds is 2. The summed E-state index contributed by atoms with van der Waals surface area (Å²) in [7, 11) is 1.98. The molecule has 3 aromatic rings. The number of amides is 1. The monoisotopic (exact) mass is 401 g/mol. The van der Waals surface area contributed by atoms with Crippen molar-refractivity contribution < 1.29 is 4.79 Å². The molecular weight excluding hydrogens is 390 g/mol. The maximum Gasteiger partial charge on any atom is 0.273 e. The van der Waals surface area contributed by atoms with Crippen LogP contribution in [0.5, 0.6) is 0 Å². The molecule has 0 bridgehead atoms. The van der Waals surface area contributed by atoms with E-state index < -0.39 is 0 Å². The molecule has 3 heterocycles. The van der Waals surface area contributed by atoms with Gasteiger partial charge in [0.1, 0.15) is 5.71 Å². The van der Waals surface area contributed by atoms with Gasteiger partial charge in [0.15, 0.2) is 0 Å². The molecule has 4 rings (SSSR count). The second-order valence-electron chi connectivity index (χ2n) is 5.48. The van der Waals surface area contributed by atoms with E-state index in [9.17, 15) is 4.79 Å². The van der Waals surface area contributed by atoms with E-state index in [2.05, 4.69) is 36.0 Å². The molecule has 24 heavy (non-hydrogen) atoms. The summed E-state index contributed by atoms with van der Waals surface area (Å²) in [5.74, 6) is -0.221. The smallest absolute Gasteiger partial charge is 0.273 e. The van der Waals surface area contributed by atoms with Crippen molar-refractivity contribution in [2.24, 2.45) is 12.1 Å². The molecule has 1 aliphatic rings. The van der Waals surface area contributed by atoms with Gasteiger partial charge < -0.3 is 4.57 Å². The number of halogens is 1. The normalized spacial score (nSPS) is 16.0. The number of hydrogen-bond acceptors (Lipinski definition) is 5. The summed E-state index contributed by atoms with van der Waals surface area (Å²) in [6.45, 7) is 1.86. The lowest BCUT2D eigenvalue weighted by atomic mass is 10.0. The molecule has 0 radical (unpaired) electrons. The highest BCUT2D eigenvalue weighted by Gasteiger charge is 2.27.